The molecule has 1 aliphatic rings. The highest BCUT2D eigenvalue weighted by Gasteiger charge is 2.17. The van der Waals surface area contributed by atoms with Gasteiger partial charge in [0, 0.05) is 21.9 Å². The van der Waals surface area contributed by atoms with Crippen molar-refractivity contribution < 1.29 is 0 Å². The number of hydrazone groups is 1. The van der Waals surface area contributed by atoms with E-state index in [-0.39, 0.29) is 0 Å². The monoisotopic (exact) mass is 358 g/mol. The minimum absolute atomic E-state index is 0.366. The van der Waals surface area contributed by atoms with E-state index < -0.39 is 0 Å². The van der Waals surface area contributed by atoms with Crippen molar-refractivity contribution in [2.24, 2.45) is 15.1 Å². The first-order chi connectivity index (χ1) is 11.7. The Hall–Kier alpha value is -2.17. The Labute approximate surface area is 150 Å². The highest BCUT2D eigenvalue weighted by atomic mass is 35.5. The summed E-state index contributed by atoms with van der Waals surface area (Å²) >= 11 is 12.1. The number of alkyl halides is 1. The summed E-state index contributed by atoms with van der Waals surface area (Å²) in [6.45, 7) is 2.23. The topological polar surface area (TPSA) is 49.1 Å². The summed E-state index contributed by atoms with van der Waals surface area (Å²) in [4.78, 5) is 9.37. The number of halogens is 2. The van der Waals surface area contributed by atoms with Crippen LogP contribution in [0.1, 0.15) is 18.1 Å². The van der Waals surface area contributed by atoms with Crippen molar-refractivity contribution in [2.75, 3.05) is 12.4 Å². The fraction of sp³-hybridized carbons (Fsp3) is 0.167. The standard InChI is InChI=1S/C18H16Cl2N4/c1-12(10-19)23-24-17-11-21-18(13-6-2-4-8-15(13)20)14-7-3-5-9-16(14)22-17/h2-9H,10-11H2,1H3,(H,22,24)/b23-12+. The van der Waals surface area contributed by atoms with Gasteiger partial charge in [-0.25, -0.2) is 4.99 Å². The quantitative estimate of drug-likeness (QED) is 0.492. The van der Waals surface area contributed by atoms with Crippen molar-refractivity contribution >= 4 is 46.1 Å². The zero-order chi connectivity index (χ0) is 16.9. The molecule has 0 fully saturated rings. The summed E-state index contributed by atoms with van der Waals surface area (Å²) in [5, 5.41) is 4.87. The Bertz CT molecular complexity index is 840. The summed E-state index contributed by atoms with van der Waals surface area (Å²) in [7, 11) is 0. The van der Waals surface area contributed by atoms with Gasteiger partial charge >= 0.3 is 0 Å². The fourth-order valence-electron chi connectivity index (χ4n) is 2.32. The van der Waals surface area contributed by atoms with E-state index in [9.17, 15) is 0 Å². The first kappa shape index (κ1) is 16.7. The number of benzene rings is 2. The Balaban J connectivity index is 2.03. The average molecular weight is 359 g/mol. The highest BCUT2D eigenvalue weighted by molar-refractivity contribution is 6.36. The van der Waals surface area contributed by atoms with E-state index in [4.69, 9.17) is 28.2 Å². The molecular formula is C18H16Cl2N4. The SMILES string of the molecule is C/C(CCl)=N\NC1=Nc2ccccc2C(c2ccccc2Cl)=NC1. The molecule has 1 heterocycles. The third-order valence-corrected chi connectivity index (χ3v) is 4.22. The lowest BCUT2D eigenvalue weighted by Gasteiger charge is -2.09. The number of nitrogens with one attached hydrogen (secondary N) is 1. The summed E-state index contributed by atoms with van der Waals surface area (Å²) < 4.78 is 0. The van der Waals surface area contributed by atoms with E-state index >= 15 is 0 Å². The van der Waals surface area contributed by atoms with Gasteiger partial charge in [-0.15, -0.1) is 11.6 Å². The van der Waals surface area contributed by atoms with Crippen LogP contribution in [0.5, 0.6) is 0 Å². The van der Waals surface area contributed by atoms with Crippen LogP contribution >= 0.6 is 23.2 Å². The molecule has 1 aliphatic heterocycles. The number of rotatable bonds is 3. The van der Waals surface area contributed by atoms with Gasteiger partial charge in [-0.1, -0.05) is 48.0 Å². The van der Waals surface area contributed by atoms with E-state index in [1.54, 1.807) is 0 Å². The molecule has 122 valence electrons. The lowest BCUT2D eigenvalue weighted by atomic mass is 10.0. The second-order valence-corrected chi connectivity index (χ2v) is 5.99. The van der Waals surface area contributed by atoms with Crippen molar-refractivity contribution in [1.29, 1.82) is 0 Å². The number of nitrogens with zero attached hydrogens (tertiary/aromatic N) is 3. The number of fused-ring (bicyclic) bond motifs is 1. The smallest absolute Gasteiger partial charge is 0.144 e. The second kappa shape index (κ2) is 7.60. The molecule has 6 heteroatoms. The molecule has 24 heavy (non-hydrogen) atoms. The maximum Gasteiger partial charge on any atom is 0.144 e. The van der Waals surface area contributed by atoms with Gasteiger partial charge in [-0.05, 0) is 19.1 Å². The molecule has 1 N–H and O–H groups in total. The van der Waals surface area contributed by atoms with Crippen LogP contribution < -0.4 is 5.43 Å². The van der Waals surface area contributed by atoms with E-state index in [1.807, 2.05) is 55.5 Å². The third-order valence-electron chi connectivity index (χ3n) is 3.50. The molecular weight excluding hydrogens is 343 g/mol. The normalized spacial score (nSPS) is 14.4. The van der Waals surface area contributed by atoms with E-state index in [0.717, 1.165) is 28.2 Å². The highest BCUT2D eigenvalue weighted by Crippen LogP contribution is 2.27. The van der Waals surface area contributed by atoms with Gasteiger partial charge in [-0.2, -0.15) is 5.10 Å². The summed E-state index contributed by atoms with van der Waals surface area (Å²) in [6, 6.07) is 15.5. The maximum atomic E-state index is 6.36. The van der Waals surface area contributed by atoms with Crippen LogP contribution in [-0.2, 0) is 0 Å². The molecule has 0 saturated heterocycles. The first-order valence-electron chi connectivity index (χ1n) is 7.50. The van der Waals surface area contributed by atoms with Crippen LogP contribution in [0.25, 0.3) is 0 Å². The molecule has 0 unspecified atom stereocenters. The predicted octanol–water partition coefficient (Wildman–Crippen LogP) is 4.43. The molecule has 2 aromatic carbocycles. The van der Waals surface area contributed by atoms with Crippen molar-refractivity contribution in [1.82, 2.24) is 5.43 Å². The van der Waals surface area contributed by atoms with Crippen LogP contribution in [0.2, 0.25) is 5.02 Å². The van der Waals surface area contributed by atoms with Gasteiger partial charge in [0.2, 0.25) is 0 Å². The summed E-state index contributed by atoms with van der Waals surface area (Å²) in [6.07, 6.45) is 0. The largest absolute Gasteiger partial charge is 0.276 e. The van der Waals surface area contributed by atoms with Gasteiger partial charge in [0.05, 0.1) is 23.8 Å². The van der Waals surface area contributed by atoms with E-state index in [0.29, 0.717) is 23.3 Å². The number of aliphatic imine (C=N–C) groups is 2. The lowest BCUT2D eigenvalue weighted by molar-refractivity contribution is 0.987. The predicted molar refractivity (Wildman–Crippen MR) is 102 cm³/mol. The van der Waals surface area contributed by atoms with Crippen LogP contribution in [0.15, 0.2) is 63.6 Å². The van der Waals surface area contributed by atoms with E-state index in [2.05, 4.69) is 15.5 Å². The molecule has 0 bridgehead atoms. The average Bonchev–Trinajstić information content (AvgIpc) is 2.79. The summed E-state index contributed by atoms with van der Waals surface area (Å²) in [5.41, 5.74) is 7.23. The van der Waals surface area contributed by atoms with Crippen LogP contribution in [0.4, 0.5) is 5.69 Å². The number of hydrogen-bond acceptors (Lipinski definition) is 4. The number of amidine groups is 1. The van der Waals surface area contributed by atoms with Crippen molar-refractivity contribution in [3.05, 3.63) is 64.7 Å². The Morgan fingerprint density at radius 2 is 1.83 bits per heavy atom. The van der Waals surface area contributed by atoms with Gasteiger partial charge < -0.3 is 0 Å². The Kier molecular flexibility index (Phi) is 5.28. The molecule has 0 saturated carbocycles. The van der Waals surface area contributed by atoms with Crippen molar-refractivity contribution in [3.63, 3.8) is 0 Å². The number of para-hydroxylation sites is 1. The first-order valence-corrected chi connectivity index (χ1v) is 8.41. The molecule has 0 amide bonds. The number of hydrogen-bond donors (Lipinski definition) is 1. The zero-order valence-corrected chi connectivity index (χ0v) is 14.6. The molecule has 0 radical (unpaired) electrons. The van der Waals surface area contributed by atoms with Gasteiger partial charge in [0.15, 0.2) is 0 Å². The van der Waals surface area contributed by atoms with Crippen LogP contribution in [0, 0.1) is 0 Å². The van der Waals surface area contributed by atoms with Crippen molar-refractivity contribution in [3.8, 4) is 0 Å². The molecule has 0 aromatic heterocycles. The van der Waals surface area contributed by atoms with Crippen LogP contribution in [-0.4, -0.2) is 29.7 Å². The second-order valence-electron chi connectivity index (χ2n) is 5.31. The van der Waals surface area contributed by atoms with E-state index in [1.165, 1.54) is 0 Å². The lowest BCUT2D eigenvalue weighted by Crippen LogP contribution is -2.22. The van der Waals surface area contributed by atoms with Gasteiger partial charge in [0.25, 0.3) is 0 Å². The molecule has 4 nitrogen and oxygen atoms in total. The van der Waals surface area contributed by atoms with Gasteiger partial charge in [0.1, 0.15) is 5.84 Å². The minimum Gasteiger partial charge on any atom is -0.276 e. The molecule has 0 spiro atoms. The Morgan fingerprint density at radius 1 is 1.12 bits per heavy atom. The molecule has 0 atom stereocenters. The Morgan fingerprint density at radius 3 is 2.58 bits per heavy atom. The zero-order valence-electron chi connectivity index (χ0n) is 13.1. The molecule has 0 aliphatic carbocycles. The van der Waals surface area contributed by atoms with Gasteiger partial charge in [-0.3, -0.25) is 10.4 Å². The van der Waals surface area contributed by atoms with Crippen LogP contribution in [0.3, 0.4) is 0 Å². The minimum atomic E-state index is 0.366. The fourth-order valence-corrected chi connectivity index (χ4v) is 2.61. The summed E-state index contributed by atoms with van der Waals surface area (Å²) in [5.74, 6) is 1.03. The van der Waals surface area contributed by atoms with Crippen molar-refractivity contribution in [2.45, 2.75) is 6.92 Å². The third kappa shape index (κ3) is 3.66. The molecule has 2 aromatic rings. The maximum absolute atomic E-state index is 6.36. The molecule has 3 rings (SSSR count).